The van der Waals surface area contributed by atoms with E-state index < -0.39 is 0 Å². The monoisotopic (exact) mass is 411 g/mol. The number of allylic oxidation sites excluding steroid dienone is 1. The van der Waals surface area contributed by atoms with E-state index in [-0.39, 0.29) is 5.82 Å². The lowest BCUT2D eigenvalue weighted by Crippen LogP contribution is -1.98. The molecule has 0 saturated carbocycles. The molecule has 3 rings (SSSR count). The van der Waals surface area contributed by atoms with Gasteiger partial charge in [0, 0.05) is 35.0 Å². The first-order valence-electron chi connectivity index (χ1n) is 8.48. The zero-order chi connectivity index (χ0) is 20.8. The Morgan fingerprint density at radius 1 is 1.10 bits per heavy atom. The summed E-state index contributed by atoms with van der Waals surface area (Å²) in [6.45, 7) is 0. The first-order chi connectivity index (χ1) is 14.1. The molecule has 0 radical (unpaired) electrons. The lowest BCUT2D eigenvalue weighted by atomic mass is 10.2. The van der Waals surface area contributed by atoms with Crippen molar-refractivity contribution in [2.75, 3.05) is 26.6 Å². The summed E-state index contributed by atoms with van der Waals surface area (Å²) in [7, 11) is 4.59. The number of thiazole rings is 1. The molecule has 0 unspecified atom stereocenters. The molecule has 29 heavy (non-hydrogen) atoms. The minimum atomic E-state index is -0.309. The van der Waals surface area contributed by atoms with Crippen LogP contribution >= 0.6 is 11.3 Å². The number of rotatable bonds is 7. The van der Waals surface area contributed by atoms with Crippen molar-refractivity contribution in [3.63, 3.8) is 0 Å². The zero-order valence-corrected chi connectivity index (χ0v) is 16.8. The molecule has 0 fully saturated rings. The van der Waals surface area contributed by atoms with Crippen molar-refractivity contribution in [1.82, 2.24) is 4.98 Å². The van der Waals surface area contributed by atoms with Crippen LogP contribution < -0.4 is 19.5 Å². The number of methoxy groups -OCH3 is 3. The maximum atomic E-state index is 13.1. The largest absolute Gasteiger partial charge is 0.493 e. The van der Waals surface area contributed by atoms with Crippen LogP contribution in [0.3, 0.4) is 0 Å². The lowest BCUT2D eigenvalue weighted by Gasteiger charge is -2.14. The van der Waals surface area contributed by atoms with Crippen LogP contribution in [0.2, 0.25) is 0 Å². The van der Waals surface area contributed by atoms with Gasteiger partial charge in [-0.1, -0.05) is 0 Å². The smallest absolute Gasteiger partial charge is 0.203 e. The topological polar surface area (TPSA) is 76.4 Å². The van der Waals surface area contributed by atoms with E-state index in [2.05, 4.69) is 16.4 Å². The Balaban J connectivity index is 1.86. The molecule has 0 aliphatic carbocycles. The second-order valence-corrected chi connectivity index (χ2v) is 6.63. The SMILES string of the molecule is COc1cc(NC=C(C#N)c2nc(-c3ccc(F)cc3)cs2)cc(OC)c1OC. The Labute approximate surface area is 171 Å². The summed E-state index contributed by atoms with van der Waals surface area (Å²) in [5.41, 5.74) is 2.47. The molecule has 0 aliphatic rings. The maximum Gasteiger partial charge on any atom is 0.203 e. The highest BCUT2D eigenvalue weighted by Crippen LogP contribution is 2.40. The highest BCUT2D eigenvalue weighted by molar-refractivity contribution is 7.11. The summed E-state index contributed by atoms with van der Waals surface area (Å²) < 4.78 is 29.1. The molecular formula is C21H18FN3O3S. The molecule has 3 aromatic rings. The summed E-state index contributed by atoms with van der Waals surface area (Å²) in [6, 6.07) is 11.7. The number of nitrogens with zero attached hydrogens (tertiary/aromatic N) is 2. The molecule has 0 amide bonds. The maximum absolute atomic E-state index is 13.1. The van der Waals surface area contributed by atoms with Crippen molar-refractivity contribution in [3.8, 4) is 34.6 Å². The van der Waals surface area contributed by atoms with Crippen molar-refractivity contribution in [2.24, 2.45) is 0 Å². The number of halogens is 1. The number of hydrogen-bond donors (Lipinski definition) is 1. The van der Waals surface area contributed by atoms with Crippen LogP contribution in [-0.4, -0.2) is 26.3 Å². The van der Waals surface area contributed by atoms with Gasteiger partial charge < -0.3 is 19.5 Å². The highest BCUT2D eigenvalue weighted by Gasteiger charge is 2.14. The highest BCUT2D eigenvalue weighted by atomic mass is 32.1. The second kappa shape index (κ2) is 9.08. The Bertz CT molecular complexity index is 1050. The summed E-state index contributed by atoms with van der Waals surface area (Å²) in [6.07, 6.45) is 1.56. The van der Waals surface area contributed by atoms with E-state index in [0.29, 0.717) is 39.2 Å². The molecular weight excluding hydrogens is 393 g/mol. The van der Waals surface area contributed by atoms with E-state index in [1.807, 2.05) is 5.38 Å². The van der Waals surface area contributed by atoms with Crippen molar-refractivity contribution >= 4 is 22.6 Å². The number of ether oxygens (including phenoxy) is 3. The third-order valence-electron chi connectivity index (χ3n) is 4.04. The molecule has 0 bridgehead atoms. The van der Waals surface area contributed by atoms with Gasteiger partial charge in [-0.2, -0.15) is 5.26 Å². The molecule has 0 aliphatic heterocycles. The fraction of sp³-hybridized carbons (Fsp3) is 0.143. The predicted octanol–water partition coefficient (Wildman–Crippen LogP) is 4.95. The van der Waals surface area contributed by atoms with Crippen molar-refractivity contribution < 1.29 is 18.6 Å². The zero-order valence-electron chi connectivity index (χ0n) is 16.0. The van der Waals surface area contributed by atoms with Gasteiger partial charge in [0.05, 0.1) is 27.0 Å². The van der Waals surface area contributed by atoms with Crippen molar-refractivity contribution in [1.29, 1.82) is 5.26 Å². The van der Waals surface area contributed by atoms with Crippen molar-refractivity contribution in [3.05, 3.63) is 58.8 Å². The van der Waals surface area contributed by atoms with Gasteiger partial charge in [0.2, 0.25) is 5.75 Å². The molecule has 1 heterocycles. The van der Waals surface area contributed by atoms with Gasteiger partial charge in [0.1, 0.15) is 22.5 Å². The molecule has 1 aromatic heterocycles. The molecule has 148 valence electrons. The van der Waals surface area contributed by atoms with Crippen molar-refractivity contribution in [2.45, 2.75) is 0 Å². The van der Waals surface area contributed by atoms with Crippen LogP contribution in [-0.2, 0) is 0 Å². The Kier molecular flexibility index (Phi) is 6.32. The lowest BCUT2D eigenvalue weighted by molar-refractivity contribution is 0.324. The summed E-state index contributed by atoms with van der Waals surface area (Å²) in [4.78, 5) is 4.48. The predicted molar refractivity (Wildman–Crippen MR) is 111 cm³/mol. The third-order valence-corrected chi connectivity index (χ3v) is 4.92. The number of hydrogen-bond acceptors (Lipinski definition) is 7. The van der Waals surface area contributed by atoms with Crippen LogP contribution in [0.5, 0.6) is 17.2 Å². The Morgan fingerprint density at radius 2 is 1.76 bits per heavy atom. The summed E-state index contributed by atoms with van der Waals surface area (Å²) in [5.74, 6) is 1.16. The van der Waals surface area contributed by atoms with Gasteiger partial charge in [-0.15, -0.1) is 11.3 Å². The molecule has 8 heteroatoms. The van der Waals surface area contributed by atoms with E-state index in [1.165, 1.54) is 44.8 Å². The fourth-order valence-corrected chi connectivity index (χ4v) is 3.41. The number of benzene rings is 2. The molecule has 2 aromatic carbocycles. The molecule has 6 nitrogen and oxygen atoms in total. The van der Waals surface area contributed by atoms with Crippen LogP contribution in [0.4, 0.5) is 10.1 Å². The van der Waals surface area contributed by atoms with Gasteiger partial charge in [0.25, 0.3) is 0 Å². The molecule has 0 saturated heterocycles. The number of nitriles is 1. The molecule has 1 N–H and O–H groups in total. The molecule has 0 spiro atoms. The molecule has 0 atom stereocenters. The Morgan fingerprint density at radius 3 is 2.31 bits per heavy atom. The first kappa shape index (κ1) is 20.2. The van der Waals surface area contributed by atoms with Crippen LogP contribution in [0.15, 0.2) is 48.0 Å². The van der Waals surface area contributed by atoms with E-state index in [9.17, 15) is 9.65 Å². The minimum Gasteiger partial charge on any atom is -0.493 e. The Hall–Kier alpha value is -3.57. The minimum absolute atomic E-state index is 0.309. The van der Waals surface area contributed by atoms with Gasteiger partial charge in [-0.05, 0) is 24.3 Å². The summed E-state index contributed by atoms with van der Waals surface area (Å²) in [5, 5.41) is 15.0. The standard InChI is InChI=1S/C21H18FN3O3S/c1-26-18-8-16(9-19(27-2)20(18)28-3)24-11-14(10-23)21-25-17(12-29-21)13-4-6-15(22)7-5-13/h4-9,11-12,24H,1-3H3. The number of aromatic nitrogens is 1. The van der Waals surface area contributed by atoms with Crippen LogP contribution in [0.25, 0.3) is 16.8 Å². The van der Waals surface area contributed by atoms with E-state index >= 15 is 0 Å². The second-order valence-electron chi connectivity index (χ2n) is 5.77. The van der Waals surface area contributed by atoms with E-state index in [4.69, 9.17) is 14.2 Å². The first-order valence-corrected chi connectivity index (χ1v) is 9.36. The van der Waals surface area contributed by atoms with Crippen LogP contribution in [0.1, 0.15) is 5.01 Å². The number of nitrogens with one attached hydrogen (secondary N) is 1. The average molecular weight is 411 g/mol. The van der Waals surface area contributed by atoms with Crippen LogP contribution in [0, 0.1) is 17.1 Å². The van der Waals surface area contributed by atoms with Gasteiger partial charge in [-0.25, -0.2) is 9.37 Å². The average Bonchev–Trinajstić information content (AvgIpc) is 3.23. The normalized spacial score (nSPS) is 10.9. The van der Waals surface area contributed by atoms with E-state index in [1.54, 1.807) is 30.5 Å². The fourth-order valence-electron chi connectivity index (χ4n) is 2.61. The third kappa shape index (κ3) is 4.47. The number of anilines is 1. The van der Waals surface area contributed by atoms with E-state index in [0.717, 1.165) is 5.56 Å². The quantitative estimate of drug-likeness (QED) is 0.554. The van der Waals surface area contributed by atoms with Gasteiger partial charge in [-0.3, -0.25) is 0 Å². The summed E-state index contributed by atoms with van der Waals surface area (Å²) >= 11 is 1.33. The van der Waals surface area contributed by atoms with Gasteiger partial charge >= 0.3 is 0 Å². The van der Waals surface area contributed by atoms with Gasteiger partial charge in [0.15, 0.2) is 11.5 Å².